The fraction of sp³-hybridized carbons (Fsp3) is 0.364. The van der Waals surface area contributed by atoms with E-state index in [4.69, 9.17) is 5.73 Å². The number of hydrogen-bond acceptors (Lipinski definition) is 1. The van der Waals surface area contributed by atoms with Crippen LogP contribution in [0.15, 0.2) is 33.7 Å². The smallest absolute Gasteiger partial charge is 0.105 e. The van der Waals surface area contributed by atoms with Crippen molar-refractivity contribution >= 4 is 27.5 Å². The molecule has 1 rings (SSSR count). The molecule has 0 saturated carbocycles. The molecule has 0 aliphatic rings. The minimum absolute atomic E-state index is 0.0763. The van der Waals surface area contributed by atoms with Gasteiger partial charge in [-0.2, -0.15) is 0 Å². The molecule has 2 nitrogen and oxygen atoms in total. The van der Waals surface area contributed by atoms with E-state index < -0.39 is 0 Å². The minimum Gasteiger partial charge on any atom is -0.387 e. The summed E-state index contributed by atoms with van der Waals surface area (Å²) in [4.78, 5) is 4.34. The Morgan fingerprint density at radius 2 is 1.71 bits per heavy atom. The third kappa shape index (κ3) is 3.14. The van der Waals surface area contributed by atoms with E-state index in [1.165, 1.54) is 0 Å². The van der Waals surface area contributed by atoms with Crippen LogP contribution in [-0.2, 0) is 0 Å². The molecule has 1 aromatic rings. The number of amidine groups is 1. The molecule has 14 heavy (non-hydrogen) atoms. The van der Waals surface area contributed by atoms with E-state index in [1.54, 1.807) is 0 Å². The summed E-state index contributed by atoms with van der Waals surface area (Å²) < 4.78 is 1.05. The van der Waals surface area contributed by atoms with E-state index in [0.717, 1.165) is 10.2 Å². The highest BCUT2D eigenvalue weighted by Crippen LogP contribution is 2.20. The first-order valence-corrected chi connectivity index (χ1v) is 5.29. The molecule has 0 radical (unpaired) electrons. The Morgan fingerprint density at radius 3 is 2.14 bits per heavy atom. The van der Waals surface area contributed by atoms with Crippen molar-refractivity contribution in [2.24, 2.45) is 16.1 Å². The molecular formula is C11H15BrN2. The second-order valence-corrected chi connectivity index (χ2v) is 5.14. The summed E-state index contributed by atoms with van der Waals surface area (Å²) in [7, 11) is 0. The highest BCUT2D eigenvalue weighted by Gasteiger charge is 2.15. The van der Waals surface area contributed by atoms with Gasteiger partial charge in [-0.05, 0) is 24.3 Å². The van der Waals surface area contributed by atoms with E-state index in [9.17, 15) is 0 Å². The Kier molecular flexibility index (Phi) is 3.32. The lowest BCUT2D eigenvalue weighted by atomic mass is 9.95. The van der Waals surface area contributed by atoms with Gasteiger partial charge in [0.25, 0.3) is 0 Å². The van der Waals surface area contributed by atoms with Gasteiger partial charge in [0.05, 0.1) is 5.69 Å². The molecule has 0 aliphatic heterocycles. The van der Waals surface area contributed by atoms with Crippen molar-refractivity contribution in [1.29, 1.82) is 0 Å². The Hall–Kier alpha value is -0.830. The molecule has 0 aliphatic carbocycles. The third-order valence-corrected chi connectivity index (χ3v) is 2.37. The maximum absolute atomic E-state index is 5.86. The predicted molar refractivity (Wildman–Crippen MR) is 64.9 cm³/mol. The standard InChI is InChI=1S/C11H15BrN2/c1-11(2,3)10(13)14-9-6-4-8(12)5-7-9/h4-7H,1-3H3,(H2,13,14). The Balaban J connectivity index is 2.93. The Bertz CT molecular complexity index is 333. The van der Waals surface area contributed by atoms with E-state index in [0.29, 0.717) is 5.84 Å². The molecule has 1 aromatic carbocycles. The monoisotopic (exact) mass is 254 g/mol. The molecule has 0 bridgehead atoms. The van der Waals surface area contributed by atoms with Crippen LogP contribution in [-0.4, -0.2) is 5.84 Å². The van der Waals surface area contributed by atoms with Crippen LogP contribution in [0.3, 0.4) is 0 Å². The molecular weight excluding hydrogens is 240 g/mol. The molecule has 0 amide bonds. The highest BCUT2D eigenvalue weighted by molar-refractivity contribution is 9.10. The zero-order chi connectivity index (χ0) is 10.8. The van der Waals surface area contributed by atoms with Gasteiger partial charge in [-0.3, -0.25) is 0 Å². The van der Waals surface area contributed by atoms with Crippen molar-refractivity contribution in [3.63, 3.8) is 0 Å². The number of halogens is 1. The first-order valence-electron chi connectivity index (χ1n) is 4.50. The number of aliphatic imine (C=N–C) groups is 1. The van der Waals surface area contributed by atoms with E-state index in [2.05, 4.69) is 20.9 Å². The van der Waals surface area contributed by atoms with E-state index in [1.807, 2.05) is 45.0 Å². The molecule has 0 aromatic heterocycles. The van der Waals surface area contributed by atoms with Crippen molar-refractivity contribution in [2.45, 2.75) is 20.8 Å². The summed E-state index contributed by atoms with van der Waals surface area (Å²) in [6.07, 6.45) is 0. The van der Waals surface area contributed by atoms with Gasteiger partial charge in [0.2, 0.25) is 0 Å². The molecule has 76 valence electrons. The lowest BCUT2D eigenvalue weighted by Gasteiger charge is -2.17. The molecule has 0 fully saturated rings. The van der Waals surface area contributed by atoms with Gasteiger partial charge < -0.3 is 5.73 Å². The SMILES string of the molecule is CC(C)(C)C(N)=Nc1ccc(Br)cc1. The molecule has 0 spiro atoms. The third-order valence-electron chi connectivity index (χ3n) is 1.84. The fourth-order valence-corrected chi connectivity index (χ4v) is 1.09. The van der Waals surface area contributed by atoms with Crippen LogP contribution in [0.2, 0.25) is 0 Å². The van der Waals surface area contributed by atoms with Gasteiger partial charge in [-0.1, -0.05) is 36.7 Å². The predicted octanol–water partition coefficient (Wildman–Crippen LogP) is 3.48. The topological polar surface area (TPSA) is 38.4 Å². The molecule has 0 unspecified atom stereocenters. The average Bonchev–Trinajstić information content (AvgIpc) is 2.07. The van der Waals surface area contributed by atoms with Gasteiger partial charge in [0.15, 0.2) is 0 Å². The zero-order valence-electron chi connectivity index (χ0n) is 8.71. The number of nitrogens with zero attached hydrogens (tertiary/aromatic N) is 1. The van der Waals surface area contributed by atoms with Gasteiger partial charge in [-0.15, -0.1) is 0 Å². The van der Waals surface area contributed by atoms with Crippen molar-refractivity contribution in [2.75, 3.05) is 0 Å². The van der Waals surface area contributed by atoms with E-state index in [-0.39, 0.29) is 5.41 Å². The number of hydrogen-bond donors (Lipinski definition) is 1. The molecule has 3 heteroatoms. The molecule has 0 heterocycles. The van der Waals surface area contributed by atoms with Crippen LogP contribution in [0.5, 0.6) is 0 Å². The largest absolute Gasteiger partial charge is 0.387 e. The van der Waals surface area contributed by atoms with Gasteiger partial charge >= 0.3 is 0 Å². The highest BCUT2D eigenvalue weighted by atomic mass is 79.9. The first-order chi connectivity index (χ1) is 6.39. The summed E-state index contributed by atoms with van der Waals surface area (Å²) >= 11 is 3.37. The van der Waals surface area contributed by atoms with Crippen LogP contribution < -0.4 is 5.73 Å². The van der Waals surface area contributed by atoms with Crippen LogP contribution >= 0.6 is 15.9 Å². The summed E-state index contributed by atoms with van der Waals surface area (Å²) in [6, 6.07) is 7.77. The van der Waals surface area contributed by atoms with E-state index >= 15 is 0 Å². The minimum atomic E-state index is -0.0763. The average molecular weight is 255 g/mol. The van der Waals surface area contributed by atoms with Gasteiger partial charge in [0.1, 0.15) is 5.84 Å². The Labute approximate surface area is 93.4 Å². The van der Waals surface area contributed by atoms with Crippen LogP contribution in [0.25, 0.3) is 0 Å². The lowest BCUT2D eigenvalue weighted by molar-refractivity contribution is 0.585. The van der Waals surface area contributed by atoms with Gasteiger partial charge in [-0.25, -0.2) is 4.99 Å². The lowest BCUT2D eigenvalue weighted by Crippen LogP contribution is -2.28. The van der Waals surface area contributed by atoms with Crippen LogP contribution in [0.1, 0.15) is 20.8 Å². The summed E-state index contributed by atoms with van der Waals surface area (Å²) in [5.41, 5.74) is 6.67. The summed E-state index contributed by atoms with van der Waals surface area (Å²) in [5.74, 6) is 0.653. The second-order valence-electron chi connectivity index (χ2n) is 4.22. The van der Waals surface area contributed by atoms with Crippen molar-refractivity contribution in [3.05, 3.63) is 28.7 Å². The fourth-order valence-electron chi connectivity index (χ4n) is 0.822. The first kappa shape index (κ1) is 11.2. The quantitative estimate of drug-likeness (QED) is 0.605. The van der Waals surface area contributed by atoms with Crippen LogP contribution in [0, 0.1) is 5.41 Å². The van der Waals surface area contributed by atoms with Gasteiger partial charge in [0, 0.05) is 9.89 Å². The normalized spacial score (nSPS) is 13.0. The molecule has 0 atom stereocenters. The number of benzene rings is 1. The maximum Gasteiger partial charge on any atom is 0.105 e. The maximum atomic E-state index is 5.86. The summed E-state index contributed by atoms with van der Waals surface area (Å²) in [6.45, 7) is 6.14. The van der Waals surface area contributed by atoms with Crippen LogP contribution in [0.4, 0.5) is 5.69 Å². The van der Waals surface area contributed by atoms with Crippen molar-refractivity contribution in [1.82, 2.24) is 0 Å². The van der Waals surface area contributed by atoms with Crippen molar-refractivity contribution in [3.8, 4) is 0 Å². The zero-order valence-corrected chi connectivity index (χ0v) is 10.3. The summed E-state index contributed by atoms with van der Waals surface area (Å²) in [5, 5.41) is 0. The number of rotatable bonds is 1. The van der Waals surface area contributed by atoms with Crippen molar-refractivity contribution < 1.29 is 0 Å². The molecule has 0 saturated heterocycles. The second kappa shape index (κ2) is 4.13. The number of nitrogens with two attached hydrogens (primary N) is 1. The Morgan fingerprint density at radius 1 is 1.21 bits per heavy atom. The molecule has 2 N–H and O–H groups in total.